The average molecular weight is 597 g/mol. The molecule has 1 aliphatic rings. The molecule has 5 rings (SSSR count). The maximum atomic E-state index is 14.2. The van der Waals surface area contributed by atoms with Crippen molar-refractivity contribution in [1.82, 2.24) is 35.9 Å². The zero-order valence-corrected chi connectivity index (χ0v) is 24.2. The number of nitrogens with one attached hydrogen (secondary N) is 4. The van der Waals surface area contributed by atoms with Crippen LogP contribution in [0, 0.1) is 0 Å². The Hall–Kier alpha value is -5.36. The number of fused-ring (bicyclic) bond motifs is 1. The number of nitrogen functional groups attached to an aromatic ring is 1. The quantitative estimate of drug-likeness (QED) is 0.114. The summed E-state index contributed by atoms with van der Waals surface area (Å²) in [7, 11) is 0. The number of amides is 4. The molecule has 44 heavy (non-hydrogen) atoms. The molecule has 7 N–H and O–H groups in total. The molecule has 1 aromatic heterocycles. The first-order valence-electron chi connectivity index (χ1n) is 14.3. The van der Waals surface area contributed by atoms with Crippen molar-refractivity contribution < 1.29 is 19.5 Å². The van der Waals surface area contributed by atoms with Gasteiger partial charge in [0.1, 0.15) is 18.0 Å². The third kappa shape index (κ3) is 6.98. The van der Waals surface area contributed by atoms with Gasteiger partial charge < -0.3 is 36.6 Å². The second-order valence-electron chi connectivity index (χ2n) is 10.6. The van der Waals surface area contributed by atoms with Gasteiger partial charge in [0.25, 0.3) is 0 Å². The summed E-state index contributed by atoms with van der Waals surface area (Å²) in [5, 5.41) is 26.4. The van der Waals surface area contributed by atoms with Crippen LogP contribution in [0.15, 0.2) is 85.5 Å². The fourth-order valence-electron chi connectivity index (χ4n) is 5.39. The van der Waals surface area contributed by atoms with Gasteiger partial charge in [0.2, 0.25) is 11.8 Å². The van der Waals surface area contributed by atoms with Crippen LogP contribution >= 0.6 is 0 Å². The molecule has 4 amide bonds. The summed E-state index contributed by atoms with van der Waals surface area (Å²) in [5.41, 5.74) is 9.19. The molecule has 0 aliphatic carbocycles. The fourth-order valence-corrected chi connectivity index (χ4v) is 5.39. The second-order valence-corrected chi connectivity index (χ2v) is 10.6. The van der Waals surface area contributed by atoms with Crippen LogP contribution in [0.2, 0.25) is 0 Å². The number of hydrogen-bond acceptors (Lipinski definition) is 7. The normalized spacial score (nSPS) is 16.6. The Labute approximate surface area is 254 Å². The number of carbonyl (C=O) groups is 3. The van der Waals surface area contributed by atoms with Crippen LogP contribution in [0.5, 0.6) is 5.75 Å². The Morgan fingerprint density at radius 1 is 1.07 bits per heavy atom. The molecule has 0 unspecified atom stereocenters. The number of aromatic amines is 1. The third-order valence-corrected chi connectivity index (χ3v) is 7.55. The minimum absolute atomic E-state index is 0.0525. The number of nitrogens with two attached hydrogens (primary N) is 1. The molecule has 2 heterocycles. The molecule has 3 aromatic carbocycles. The van der Waals surface area contributed by atoms with Crippen molar-refractivity contribution in [1.29, 1.82) is 0 Å². The van der Waals surface area contributed by atoms with Gasteiger partial charge in [0.15, 0.2) is 5.82 Å². The fraction of sp³-hybridized carbons (Fsp3) is 0.250. The Kier molecular flexibility index (Phi) is 9.40. The summed E-state index contributed by atoms with van der Waals surface area (Å²) >= 11 is 0. The van der Waals surface area contributed by atoms with Gasteiger partial charge in [-0.1, -0.05) is 60.7 Å². The standard InChI is InChI=1S/C32H36N8O4/c1-2-15-34-18-28(42)40-26(16-21-11-13-24(41)14-12-21)31(43)39(19-23-9-6-10-25-29(23)37-38-30(25)33)20-27(40)36-32(44)35-17-22-7-4-3-5-8-22/h2-14,26-27,34,41H,1,15-20H2,(H3,33,37,38)(H2,35,36,44)/t26-,27+/m0/s1. The monoisotopic (exact) mass is 596 g/mol. The van der Waals surface area contributed by atoms with E-state index in [1.165, 1.54) is 17.0 Å². The number of carbonyl (C=O) groups excluding carboxylic acids is 3. The molecule has 1 saturated heterocycles. The second kappa shape index (κ2) is 13.7. The lowest BCUT2D eigenvalue weighted by Gasteiger charge is -2.46. The van der Waals surface area contributed by atoms with E-state index in [9.17, 15) is 19.5 Å². The SMILES string of the molecule is C=CCNCC(=O)N1[C@@H](NC(=O)NCc2ccccc2)CN(Cc2cccc3c(N)n[nH]c23)C(=O)[C@@H]1Cc1ccc(O)cc1. The van der Waals surface area contributed by atoms with E-state index in [2.05, 4.69) is 32.7 Å². The van der Waals surface area contributed by atoms with Crippen LogP contribution < -0.4 is 21.7 Å². The summed E-state index contributed by atoms with van der Waals surface area (Å²) in [6, 6.07) is 20.1. The number of para-hydroxylation sites is 1. The molecule has 0 radical (unpaired) electrons. The van der Waals surface area contributed by atoms with Crippen molar-refractivity contribution in [3.8, 4) is 5.75 Å². The van der Waals surface area contributed by atoms with E-state index in [-0.39, 0.29) is 50.2 Å². The van der Waals surface area contributed by atoms with Gasteiger partial charge in [-0.05, 0) is 34.9 Å². The molecule has 4 aromatic rings. The Morgan fingerprint density at radius 2 is 1.84 bits per heavy atom. The van der Waals surface area contributed by atoms with E-state index in [0.717, 1.165) is 22.1 Å². The summed E-state index contributed by atoms with van der Waals surface area (Å²) in [4.78, 5) is 44.2. The largest absolute Gasteiger partial charge is 0.508 e. The molecule has 0 bridgehead atoms. The number of hydrogen-bond donors (Lipinski definition) is 6. The molecule has 0 saturated carbocycles. The zero-order chi connectivity index (χ0) is 31.1. The first-order valence-corrected chi connectivity index (χ1v) is 14.3. The van der Waals surface area contributed by atoms with E-state index in [4.69, 9.17) is 5.73 Å². The van der Waals surface area contributed by atoms with Gasteiger partial charge in [-0.2, -0.15) is 5.10 Å². The highest BCUT2D eigenvalue weighted by molar-refractivity contribution is 5.93. The average Bonchev–Trinajstić information content (AvgIpc) is 3.41. The first kappa shape index (κ1) is 30.1. The number of rotatable bonds is 11. The van der Waals surface area contributed by atoms with Gasteiger partial charge in [0.05, 0.1) is 18.6 Å². The highest BCUT2D eigenvalue weighted by atomic mass is 16.3. The number of anilines is 1. The lowest BCUT2D eigenvalue weighted by molar-refractivity contribution is -0.156. The van der Waals surface area contributed by atoms with E-state index in [1.54, 1.807) is 23.1 Å². The van der Waals surface area contributed by atoms with E-state index >= 15 is 0 Å². The van der Waals surface area contributed by atoms with Crippen molar-refractivity contribution in [3.63, 3.8) is 0 Å². The van der Waals surface area contributed by atoms with Gasteiger partial charge in [-0.15, -0.1) is 6.58 Å². The topological polar surface area (TPSA) is 169 Å². The molecular formula is C32H36N8O4. The zero-order valence-electron chi connectivity index (χ0n) is 24.2. The first-order chi connectivity index (χ1) is 21.3. The number of nitrogens with zero attached hydrogens (tertiary/aromatic N) is 3. The smallest absolute Gasteiger partial charge is 0.316 e. The maximum absolute atomic E-state index is 14.2. The van der Waals surface area contributed by atoms with Crippen molar-refractivity contribution >= 4 is 34.6 Å². The predicted molar refractivity (Wildman–Crippen MR) is 167 cm³/mol. The van der Waals surface area contributed by atoms with Crippen LogP contribution in [-0.4, -0.2) is 74.8 Å². The van der Waals surface area contributed by atoms with Crippen molar-refractivity contribution in [2.45, 2.75) is 31.7 Å². The molecular weight excluding hydrogens is 560 g/mol. The molecule has 1 aliphatic heterocycles. The minimum Gasteiger partial charge on any atom is -0.508 e. The summed E-state index contributed by atoms with van der Waals surface area (Å²) in [6.07, 6.45) is 0.975. The molecule has 228 valence electrons. The van der Waals surface area contributed by atoms with Crippen LogP contribution in [0.3, 0.4) is 0 Å². The number of phenolic OH excluding ortho intramolecular Hbond substituents is 1. The van der Waals surface area contributed by atoms with Crippen LogP contribution in [0.4, 0.5) is 10.6 Å². The minimum atomic E-state index is -0.934. The summed E-state index contributed by atoms with van der Waals surface area (Å²) in [6.45, 7) is 4.57. The number of phenols is 1. The summed E-state index contributed by atoms with van der Waals surface area (Å²) in [5.74, 6) is -0.174. The number of benzene rings is 3. The maximum Gasteiger partial charge on any atom is 0.316 e. The van der Waals surface area contributed by atoms with Crippen LogP contribution in [-0.2, 0) is 29.1 Å². The molecule has 1 fully saturated rings. The lowest BCUT2D eigenvalue weighted by Crippen LogP contribution is -2.69. The molecule has 0 spiro atoms. The highest BCUT2D eigenvalue weighted by Crippen LogP contribution is 2.26. The van der Waals surface area contributed by atoms with E-state index < -0.39 is 18.2 Å². The Bertz CT molecular complexity index is 1620. The summed E-state index contributed by atoms with van der Waals surface area (Å²) < 4.78 is 0. The van der Waals surface area contributed by atoms with Crippen LogP contribution in [0.25, 0.3) is 10.9 Å². The third-order valence-electron chi connectivity index (χ3n) is 7.55. The predicted octanol–water partition coefficient (Wildman–Crippen LogP) is 2.23. The highest BCUT2D eigenvalue weighted by Gasteiger charge is 2.43. The van der Waals surface area contributed by atoms with Crippen LogP contribution in [0.1, 0.15) is 16.7 Å². The number of aromatic nitrogens is 2. The lowest BCUT2D eigenvalue weighted by atomic mass is 9.98. The van der Waals surface area contributed by atoms with Crippen molar-refractivity contribution in [2.75, 3.05) is 25.4 Å². The van der Waals surface area contributed by atoms with Gasteiger partial charge in [0, 0.05) is 31.4 Å². The Balaban J connectivity index is 1.46. The van der Waals surface area contributed by atoms with Crippen molar-refractivity contribution in [3.05, 3.63) is 102 Å². The number of piperazine rings is 1. The van der Waals surface area contributed by atoms with Gasteiger partial charge in [-0.3, -0.25) is 14.7 Å². The molecule has 12 heteroatoms. The number of aromatic hydroxyl groups is 1. The number of H-pyrrole nitrogens is 1. The van der Waals surface area contributed by atoms with Gasteiger partial charge in [-0.25, -0.2) is 4.79 Å². The molecule has 12 nitrogen and oxygen atoms in total. The van der Waals surface area contributed by atoms with Crippen molar-refractivity contribution in [2.24, 2.45) is 0 Å². The van der Waals surface area contributed by atoms with Gasteiger partial charge >= 0.3 is 6.03 Å². The Morgan fingerprint density at radius 3 is 2.59 bits per heavy atom. The van der Waals surface area contributed by atoms with E-state index in [0.29, 0.717) is 17.9 Å². The molecule has 2 atom stereocenters. The van der Waals surface area contributed by atoms with E-state index in [1.807, 2.05) is 48.5 Å². The number of urea groups is 1.